The van der Waals surface area contributed by atoms with Gasteiger partial charge >= 0.3 is 24.3 Å². The number of carbonyl (C=O) groups excluding carboxylic acids is 4. The molecule has 0 spiro atoms. The van der Waals surface area contributed by atoms with E-state index in [4.69, 9.17) is 48.1 Å². The normalized spacial score (nSPS) is 16.5. The summed E-state index contributed by atoms with van der Waals surface area (Å²) in [5.41, 5.74) is 14.3. The van der Waals surface area contributed by atoms with Crippen LogP contribution in [0.5, 0.6) is 0 Å². The van der Waals surface area contributed by atoms with Gasteiger partial charge in [-0.05, 0) is 131 Å². The average molecular weight is 1560 g/mol. The highest BCUT2D eigenvalue weighted by Crippen LogP contribution is 2.37. The van der Waals surface area contributed by atoms with Gasteiger partial charge in [-0.3, -0.25) is 45.6 Å². The largest absolute Gasteiger partial charge is 0.450 e. The van der Waals surface area contributed by atoms with Crippen LogP contribution in [0.15, 0.2) is 147 Å². The summed E-state index contributed by atoms with van der Waals surface area (Å²) in [5.74, 6) is 2.49. The Morgan fingerprint density at radius 2 is 0.774 bits per heavy atom. The first-order chi connectivity index (χ1) is 55.8. The molecule has 0 bridgehead atoms. The van der Waals surface area contributed by atoms with Gasteiger partial charge in [-0.25, -0.2) is 64.0 Å². The van der Waals surface area contributed by atoms with Gasteiger partial charge in [0, 0.05) is 196 Å². The van der Waals surface area contributed by atoms with Crippen molar-refractivity contribution in [3.8, 4) is 67.5 Å². The number of rotatable bonds is 22. The standard InChI is InChI=1S/C29H34N8O4.C26H30N8O3.C26H29N7O4/c1-5-40-27(38)35-26-33-23-16-20(15-22(24(23)34-26)25-30-9-6-10-31-25)19-7-8-21(32-17-19)18-36-11-13-37(14-12-36)28(39)41-29(2,3)4;1-4-27-26(35)33-25-31-20-11-17(10-19(23(20)32-25)24-28-8-5-9-29-24)16-6-7-18(30-12-16)13-34-14-21(36-2)22(15-34)37-3;1-4-37-26(34)32-25-30-20-11-17(10-19(23(20)31-25)24-27-8-5-9-28-24)16-6-7-18(29-12-16)13-33-14-21(35-2)22(15-33)36-3/h6-10,15-17H,5,11-14,18H2,1-4H3,(H2,33,34,35,38);5-12,21-22H,4,13-15H2,1-3H3,(H3,27,31,32,33,35);5-12,21-22H,4,13-15H2,1-3H3,(H2,30,31,32,34)/t;2*21-,22-/m.11/s1. The Kier molecular flexibility index (Phi) is 26.3. The fourth-order valence-electron chi connectivity index (χ4n) is 13.7. The van der Waals surface area contributed by atoms with Gasteiger partial charge in [0.25, 0.3) is 0 Å². The molecule has 9 aromatic heterocycles. The van der Waals surface area contributed by atoms with Crippen LogP contribution in [0.1, 0.15) is 58.6 Å². The monoisotopic (exact) mass is 1560 g/mol. The molecule has 12 aromatic rings. The number of benzene rings is 3. The third-order valence-electron chi connectivity index (χ3n) is 19.2. The number of hydrogen-bond acceptors (Lipinski definition) is 26. The first-order valence-corrected chi connectivity index (χ1v) is 37.8. The number of aromatic nitrogens is 15. The third-order valence-corrected chi connectivity index (χ3v) is 19.2. The molecule has 0 aliphatic carbocycles. The molecule has 34 nitrogen and oxygen atoms in total. The highest BCUT2D eigenvalue weighted by Gasteiger charge is 2.35. The van der Waals surface area contributed by atoms with E-state index in [9.17, 15) is 19.2 Å². The predicted molar refractivity (Wildman–Crippen MR) is 432 cm³/mol. The zero-order valence-corrected chi connectivity index (χ0v) is 65.7. The molecule has 598 valence electrons. The van der Waals surface area contributed by atoms with Gasteiger partial charge in [-0.15, -0.1) is 0 Å². The maximum absolute atomic E-state index is 12.4. The molecule has 3 aliphatic rings. The number of piperazine rings is 1. The molecule has 4 atom stereocenters. The molecule has 12 heterocycles. The number of likely N-dealkylation sites (tertiary alicyclic amines) is 2. The maximum atomic E-state index is 12.4. The Morgan fingerprint density at radius 1 is 0.435 bits per heavy atom. The van der Waals surface area contributed by atoms with Crippen molar-refractivity contribution in [3.63, 3.8) is 0 Å². The second-order valence-electron chi connectivity index (χ2n) is 28.3. The number of H-pyrrole nitrogens is 3. The van der Waals surface area contributed by atoms with Gasteiger partial charge in [-0.1, -0.05) is 18.2 Å². The minimum absolute atomic E-state index is 0.0623. The molecule has 0 unspecified atom stereocenters. The summed E-state index contributed by atoms with van der Waals surface area (Å²) in [6, 6.07) is 29.0. The predicted octanol–water partition coefficient (Wildman–Crippen LogP) is 11.3. The SMILES string of the molecule is CCNC(=O)Nc1nc2c(-c3ncccn3)cc(-c3ccc(CN4C[C@@H](OC)[C@H](OC)C4)nc3)cc2[nH]1.CCOC(=O)Nc1nc2c(-c3ncccn3)cc(-c3ccc(CN4CCN(C(=O)OC(C)(C)C)CC4)nc3)cc2[nH]1.CCOC(=O)Nc1nc2c(-c3ncccn3)cc(-c3ccc(CN4C[C@@H](OC)[C@H](OC)C4)nc3)cc2[nH]1. The summed E-state index contributed by atoms with van der Waals surface area (Å²) in [6.45, 7) is 20.1. The number of imidazole rings is 3. The summed E-state index contributed by atoms with van der Waals surface area (Å²) >= 11 is 0. The van der Waals surface area contributed by atoms with Crippen LogP contribution in [0.3, 0.4) is 0 Å². The van der Waals surface area contributed by atoms with Crippen molar-refractivity contribution in [1.82, 2.24) is 99.7 Å². The number of methoxy groups -OCH3 is 4. The average Bonchev–Trinajstić information content (AvgIpc) is 1.68. The molecule has 0 saturated carbocycles. The summed E-state index contributed by atoms with van der Waals surface area (Å²) < 4.78 is 37.6. The Bertz CT molecular complexity index is 5030. The molecule has 34 heteroatoms. The van der Waals surface area contributed by atoms with Crippen molar-refractivity contribution in [2.45, 2.75) is 91.2 Å². The smallest absolute Gasteiger partial charge is 0.413 e. The topological polar surface area (TPSA) is 396 Å². The molecule has 3 aliphatic heterocycles. The van der Waals surface area contributed by atoms with Crippen LogP contribution < -0.4 is 21.3 Å². The van der Waals surface area contributed by atoms with Crippen LogP contribution >= 0.6 is 0 Å². The number of pyridine rings is 3. The molecule has 3 saturated heterocycles. The number of hydrogen-bond donors (Lipinski definition) is 7. The zero-order valence-electron chi connectivity index (χ0n) is 65.7. The lowest BCUT2D eigenvalue weighted by Gasteiger charge is -2.35. The minimum atomic E-state index is -0.588. The van der Waals surface area contributed by atoms with Crippen molar-refractivity contribution in [1.29, 1.82) is 0 Å². The van der Waals surface area contributed by atoms with Gasteiger partial charge in [0.15, 0.2) is 17.5 Å². The molecule has 7 N–H and O–H groups in total. The van der Waals surface area contributed by atoms with E-state index >= 15 is 0 Å². The number of carbonyl (C=O) groups is 4. The van der Waals surface area contributed by atoms with Gasteiger partial charge in [0.2, 0.25) is 17.8 Å². The molecular weight excluding hydrogens is 1470 g/mol. The van der Waals surface area contributed by atoms with E-state index in [1.54, 1.807) is 103 Å². The summed E-state index contributed by atoms with van der Waals surface area (Å²) in [5, 5.41) is 10.7. The number of aromatic amines is 3. The lowest BCUT2D eigenvalue weighted by atomic mass is 10.0. The first-order valence-electron chi connectivity index (χ1n) is 37.8. The van der Waals surface area contributed by atoms with E-state index in [0.717, 1.165) is 124 Å². The van der Waals surface area contributed by atoms with E-state index < -0.39 is 17.8 Å². The van der Waals surface area contributed by atoms with Crippen molar-refractivity contribution < 1.29 is 52.3 Å². The number of fused-ring (bicyclic) bond motifs is 3. The molecule has 3 fully saturated rings. The number of ether oxygens (including phenoxy) is 7. The van der Waals surface area contributed by atoms with Crippen LogP contribution in [0.2, 0.25) is 0 Å². The van der Waals surface area contributed by atoms with Crippen LogP contribution in [-0.4, -0.2) is 249 Å². The van der Waals surface area contributed by atoms with Crippen molar-refractivity contribution in [2.24, 2.45) is 0 Å². The van der Waals surface area contributed by atoms with Crippen molar-refractivity contribution >= 4 is 75.3 Å². The fourth-order valence-corrected chi connectivity index (χ4v) is 13.7. The fraction of sp³-hybridized carbons (Fsp3) is 0.358. The van der Waals surface area contributed by atoms with Gasteiger partial charge < -0.3 is 58.3 Å². The maximum Gasteiger partial charge on any atom is 0.413 e. The number of urea groups is 1. The van der Waals surface area contributed by atoms with Crippen LogP contribution in [0.4, 0.5) is 37.0 Å². The summed E-state index contributed by atoms with van der Waals surface area (Å²) in [7, 11) is 6.87. The quantitative estimate of drug-likeness (QED) is 0.0310. The van der Waals surface area contributed by atoms with Crippen molar-refractivity contribution in [2.75, 3.05) is 117 Å². The summed E-state index contributed by atoms with van der Waals surface area (Å²) in [6.07, 6.45) is 14.5. The second-order valence-corrected chi connectivity index (χ2v) is 28.3. The lowest BCUT2D eigenvalue weighted by molar-refractivity contribution is -0.00461. The Morgan fingerprint density at radius 3 is 1.08 bits per heavy atom. The highest BCUT2D eigenvalue weighted by atomic mass is 16.6. The van der Waals surface area contributed by atoms with Gasteiger partial charge in [0.05, 0.1) is 71.3 Å². The number of anilines is 3. The van der Waals surface area contributed by atoms with Crippen LogP contribution in [0, 0.1) is 0 Å². The second kappa shape index (κ2) is 37.5. The Hall–Kier alpha value is -12.4. The van der Waals surface area contributed by atoms with Crippen LogP contribution in [0.25, 0.3) is 101 Å². The van der Waals surface area contributed by atoms with E-state index in [-0.39, 0.29) is 61.7 Å². The minimum Gasteiger partial charge on any atom is -0.450 e. The number of amides is 5. The number of nitrogens with one attached hydrogen (secondary N) is 7. The zero-order chi connectivity index (χ0) is 80.5. The van der Waals surface area contributed by atoms with Crippen molar-refractivity contribution in [3.05, 3.63) is 164 Å². The Balaban J connectivity index is 0.000000151. The van der Waals surface area contributed by atoms with E-state index in [2.05, 4.69) is 102 Å². The summed E-state index contributed by atoms with van der Waals surface area (Å²) in [4.78, 5) is 121. The first kappa shape index (κ1) is 80.6. The van der Waals surface area contributed by atoms with Gasteiger partial charge in [0.1, 0.15) is 22.2 Å². The lowest BCUT2D eigenvalue weighted by Crippen LogP contribution is -2.49. The van der Waals surface area contributed by atoms with E-state index in [0.29, 0.717) is 78.2 Å². The van der Waals surface area contributed by atoms with E-state index in [1.165, 1.54) is 0 Å². The Labute approximate surface area is 663 Å². The third kappa shape index (κ3) is 20.5. The van der Waals surface area contributed by atoms with E-state index in [1.807, 2.05) is 113 Å². The molecule has 15 rings (SSSR count). The molecule has 115 heavy (non-hydrogen) atoms. The van der Waals surface area contributed by atoms with Gasteiger partial charge in [-0.2, -0.15) is 0 Å². The molecule has 5 amide bonds. The molecule has 0 radical (unpaired) electrons. The number of nitrogens with zero attached hydrogens (tertiary/aromatic N) is 16. The molecule has 3 aromatic carbocycles. The highest BCUT2D eigenvalue weighted by molar-refractivity contribution is 6.00. The van der Waals surface area contributed by atoms with Crippen LogP contribution in [-0.2, 0) is 52.8 Å². The molecular formula is C81H93N23O11.